The number of nitrogens with zero attached hydrogens (tertiary/aromatic N) is 1. The van der Waals surface area contributed by atoms with Gasteiger partial charge < -0.3 is 15.0 Å². The molecule has 3 aliphatic rings. The molecule has 4 heteroatoms. The quantitative estimate of drug-likeness (QED) is 0.700. The largest absolute Gasteiger partial charge is 0.368 e. The van der Waals surface area contributed by atoms with Crippen LogP contribution in [0.5, 0.6) is 0 Å². The summed E-state index contributed by atoms with van der Waals surface area (Å²) in [5, 5.41) is 3.40. The molecule has 90 valence electrons. The molecule has 1 N–H and O–H groups in total. The third-order valence-corrected chi connectivity index (χ3v) is 4.17. The zero-order chi connectivity index (χ0) is 11.0. The van der Waals surface area contributed by atoms with Gasteiger partial charge in [0.2, 0.25) is 0 Å². The van der Waals surface area contributed by atoms with E-state index in [1.165, 1.54) is 6.42 Å². The van der Waals surface area contributed by atoms with E-state index in [2.05, 4.69) is 10.2 Å². The summed E-state index contributed by atoms with van der Waals surface area (Å²) in [4.78, 5) is 14.4. The van der Waals surface area contributed by atoms with Crippen LogP contribution < -0.4 is 5.32 Å². The lowest BCUT2D eigenvalue weighted by molar-refractivity contribution is -0.145. The average molecular weight is 224 g/mol. The van der Waals surface area contributed by atoms with Gasteiger partial charge in [0, 0.05) is 32.3 Å². The first-order valence-electron chi connectivity index (χ1n) is 6.49. The van der Waals surface area contributed by atoms with Gasteiger partial charge in [-0.2, -0.15) is 0 Å². The number of ether oxygens (including phenoxy) is 1. The zero-order valence-corrected chi connectivity index (χ0v) is 9.65. The van der Waals surface area contributed by atoms with Crippen LogP contribution >= 0.6 is 0 Å². The molecule has 16 heavy (non-hydrogen) atoms. The Hall–Kier alpha value is -0.610. The Kier molecular flexibility index (Phi) is 2.86. The summed E-state index contributed by atoms with van der Waals surface area (Å²) in [6.07, 6.45) is 4.24. The van der Waals surface area contributed by atoms with Gasteiger partial charge in [-0.05, 0) is 31.6 Å². The van der Waals surface area contributed by atoms with E-state index in [1.807, 2.05) is 0 Å². The van der Waals surface area contributed by atoms with E-state index < -0.39 is 0 Å². The highest BCUT2D eigenvalue weighted by Gasteiger charge is 2.40. The SMILES string of the molecule is O=C(C1CCCO1)N1CCCC2CNCC21. The Morgan fingerprint density at radius 1 is 1.25 bits per heavy atom. The van der Waals surface area contributed by atoms with E-state index in [1.54, 1.807) is 0 Å². The van der Waals surface area contributed by atoms with Crippen LogP contribution in [0.3, 0.4) is 0 Å². The van der Waals surface area contributed by atoms with E-state index in [0.717, 1.165) is 45.5 Å². The molecule has 3 rings (SSSR count). The van der Waals surface area contributed by atoms with Crippen molar-refractivity contribution >= 4 is 5.91 Å². The molecule has 0 bridgehead atoms. The molecule has 3 atom stereocenters. The second-order valence-electron chi connectivity index (χ2n) is 5.16. The molecule has 3 heterocycles. The molecule has 1 amide bonds. The number of fused-ring (bicyclic) bond motifs is 1. The minimum Gasteiger partial charge on any atom is -0.368 e. The maximum absolute atomic E-state index is 12.3. The molecular weight excluding hydrogens is 204 g/mol. The second kappa shape index (κ2) is 4.34. The number of hydrogen-bond acceptors (Lipinski definition) is 3. The van der Waals surface area contributed by atoms with Gasteiger partial charge in [-0.15, -0.1) is 0 Å². The fourth-order valence-corrected chi connectivity index (χ4v) is 3.30. The first-order chi connectivity index (χ1) is 7.86. The van der Waals surface area contributed by atoms with Crippen molar-refractivity contribution in [3.8, 4) is 0 Å². The minimum absolute atomic E-state index is 0.139. The van der Waals surface area contributed by atoms with Crippen molar-refractivity contribution in [1.82, 2.24) is 10.2 Å². The Labute approximate surface area is 96.3 Å². The molecule has 3 unspecified atom stereocenters. The number of nitrogens with one attached hydrogen (secondary N) is 1. The summed E-state index contributed by atoms with van der Waals surface area (Å²) in [5.74, 6) is 0.926. The van der Waals surface area contributed by atoms with Gasteiger partial charge in [0.1, 0.15) is 6.10 Å². The Morgan fingerprint density at radius 3 is 3.00 bits per heavy atom. The summed E-state index contributed by atoms with van der Waals surface area (Å²) >= 11 is 0. The van der Waals surface area contributed by atoms with Crippen molar-refractivity contribution in [2.75, 3.05) is 26.2 Å². The number of amides is 1. The zero-order valence-electron chi connectivity index (χ0n) is 9.65. The second-order valence-corrected chi connectivity index (χ2v) is 5.16. The lowest BCUT2D eigenvalue weighted by Crippen LogP contribution is -2.51. The third-order valence-electron chi connectivity index (χ3n) is 4.17. The smallest absolute Gasteiger partial charge is 0.252 e. The number of rotatable bonds is 1. The Bertz CT molecular complexity index is 276. The first kappa shape index (κ1) is 10.5. The molecule has 0 aromatic carbocycles. The van der Waals surface area contributed by atoms with E-state index in [9.17, 15) is 4.79 Å². The summed E-state index contributed by atoms with van der Waals surface area (Å²) < 4.78 is 5.50. The van der Waals surface area contributed by atoms with Crippen LogP contribution in [0.2, 0.25) is 0 Å². The van der Waals surface area contributed by atoms with Crippen LogP contribution in [0.4, 0.5) is 0 Å². The number of likely N-dealkylation sites (tertiary alicyclic amines) is 1. The van der Waals surface area contributed by atoms with E-state index in [4.69, 9.17) is 4.74 Å². The molecule has 0 saturated carbocycles. The fraction of sp³-hybridized carbons (Fsp3) is 0.917. The first-order valence-corrected chi connectivity index (χ1v) is 6.49. The fourth-order valence-electron chi connectivity index (χ4n) is 3.30. The summed E-state index contributed by atoms with van der Waals surface area (Å²) in [7, 11) is 0. The van der Waals surface area contributed by atoms with Crippen LogP contribution in [0.15, 0.2) is 0 Å². The Morgan fingerprint density at radius 2 is 2.19 bits per heavy atom. The van der Waals surface area contributed by atoms with Crippen molar-refractivity contribution in [1.29, 1.82) is 0 Å². The molecule has 3 fully saturated rings. The number of carbonyl (C=O) groups excluding carboxylic acids is 1. The predicted molar refractivity (Wildman–Crippen MR) is 60.1 cm³/mol. The van der Waals surface area contributed by atoms with Crippen LogP contribution in [-0.2, 0) is 9.53 Å². The van der Waals surface area contributed by atoms with Crippen molar-refractivity contribution in [3.63, 3.8) is 0 Å². The topological polar surface area (TPSA) is 41.6 Å². The molecule has 0 spiro atoms. The van der Waals surface area contributed by atoms with Crippen LogP contribution in [0, 0.1) is 5.92 Å². The van der Waals surface area contributed by atoms with Crippen LogP contribution in [0.1, 0.15) is 25.7 Å². The lowest BCUT2D eigenvalue weighted by Gasteiger charge is -2.38. The van der Waals surface area contributed by atoms with Gasteiger partial charge >= 0.3 is 0 Å². The minimum atomic E-state index is -0.139. The maximum atomic E-state index is 12.3. The monoisotopic (exact) mass is 224 g/mol. The molecular formula is C12H20N2O2. The standard InChI is InChI=1S/C12H20N2O2/c15-12(11-4-2-6-16-11)14-5-1-3-9-7-13-8-10(9)14/h9-11,13H,1-8H2. The highest BCUT2D eigenvalue weighted by Crippen LogP contribution is 2.28. The molecule has 0 aromatic rings. The molecule has 0 aliphatic carbocycles. The Balaban J connectivity index is 1.70. The third kappa shape index (κ3) is 1.74. The van der Waals surface area contributed by atoms with Gasteiger partial charge in [-0.3, -0.25) is 4.79 Å². The molecule has 0 aromatic heterocycles. The van der Waals surface area contributed by atoms with Crippen LogP contribution in [-0.4, -0.2) is 49.2 Å². The van der Waals surface area contributed by atoms with Crippen molar-refractivity contribution in [3.05, 3.63) is 0 Å². The van der Waals surface area contributed by atoms with E-state index in [-0.39, 0.29) is 12.0 Å². The maximum Gasteiger partial charge on any atom is 0.252 e. The molecule has 0 radical (unpaired) electrons. The molecule has 3 saturated heterocycles. The number of piperidine rings is 1. The van der Waals surface area contributed by atoms with E-state index >= 15 is 0 Å². The number of carbonyl (C=O) groups is 1. The molecule has 4 nitrogen and oxygen atoms in total. The number of hydrogen-bond donors (Lipinski definition) is 1. The normalized spacial score (nSPS) is 38.8. The van der Waals surface area contributed by atoms with Gasteiger partial charge in [0.25, 0.3) is 5.91 Å². The average Bonchev–Trinajstić information content (AvgIpc) is 2.98. The highest BCUT2D eigenvalue weighted by atomic mass is 16.5. The molecule has 3 aliphatic heterocycles. The van der Waals surface area contributed by atoms with Crippen molar-refractivity contribution < 1.29 is 9.53 Å². The van der Waals surface area contributed by atoms with Crippen LogP contribution in [0.25, 0.3) is 0 Å². The summed E-state index contributed by atoms with van der Waals surface area (Å²) in [6.45, 7) is 3.75. The highest BCUT2D eigenvalue weighted by molar-refractivity contribution is 5.81. The van der Waals surface area contributed by atoms with Crippen molar-refractivity contribution in [2.45, 2.75) is 37.8 Å². The van der Waals surface area contributed by atoms with Crippen molar-refractivity contribution in [2.24, 2.45) is 5.92 Å². The van der Waals surface area contributed by atoms with E-state index in [0.29, 0.717) is 12.0 Å². The van der Waals surface area contributed by atoms with Gasteiger partial charge in [0.15, 0.2) is 0 Å². The summed E-state index contributed by atoms with van der Waals surface area (Å²) in [6, 6.07) is 0.436. The summed E-state index contributed by atoms with van der Waals surface area (Å²) in [5.41, 5.74) is 0. The van der Waals surface area contributed by atoms with Gasteiger partial charge in [-0.25, -0.2) is 0 Å². The predicted octanol–water partition coefficient (Wildman–Crippen LogP) is 0.376. The van der Waals surface area contributed by atoms with Gasteiger partial charge in [-0.1, -0.05) is 0 Å². The lowest BCUT2D eigenvalue weighted by atomic mass is 9.91. The van der Waals surface area contributed by atoms with Gasteiger partial charge in [0.05, 0.1) is 0 Å².